The number of rotatable bonds is 2. The highest BCUT2D eigenvalue weighted by Gasteiger charge is 2.25. The van der Waals surface area contributed by atoms with Gasteiger partial charge in [0.1, 0.15) is 0 Å². The van der Waals surface area contributed by atoms with Crippen molar-refractivity contribution in [3.05, 3.63) is 24.0 Å². The van der Waals surface area contributed by atoms with E-state index in [2.05, 4.69) is 4.98 Å². The second-order valence-electron chi connectivity index (χ2n) is 3.90. The molecule has 1 aromatic heterocycles. The molecule has 2 heterocycles. The van der Waals surface area contributed by atoms with Crippen molar-refractivity contribution < 1.29 is 9.53 Å². The van der Waals surface area contributed by atoms with Crippen molar-refractivity contribution in [2.24, 2.45) is 0 Å². The maximum Gasteiger partial charge on any atom is 0.257 e. The van der Waals surface area contributed by atoms with Gasteiger partial charge in [0.25, 0.3) is 5.91 Å². The van der Waals surface area contributed by atoms with Crippen LogP contribution in [-0.2, 0) is 4.74 Å². The Morgan fingerprint density at radius 2 is 2.41 bits per heavy atom. The molecule has 0 bridgehead atoms. The maximum atomic E-state index is 12.1. The molecule has 1 aliphatic heterocycles. The third kappa shape index (κ3) is 2.87. The summed E-state index contributed by atoms with van der Waals surface area (Å²) in [7, 11) is 1.77. The van der Waals surface area contributed by atoms with Gasteiger partial charge in [-0.15, -0.1) is 12.4 Å². The number of hydrogen-bond donors (Lipinski definition) is 1. The lowest BCUT2D eigenvalue weighted by Crippen LogP contribution is -2.37. The van der Waals surface area contributed by atoms with Crippen LogP contribution in [0.5, 0.6) is 0 Å². The number of likely N-dealkylation sites (N-methyl/N-ethyl adjacent to an activating group) is 1. The van der Waals surface area contributed by atoms with Crippen LogP contribution in [0.15, 0.2) is 18.5 Å². The summed E-state index contributed by atoms with van der Waals surface area (Å²) in [6, 6.07) is 1.78. The minimum absolute atomic E-state index is 0. The van der Waals surface area contributed by atoms with Crippen LogP contribution < -0.4 is 5.73 Å². The molecule has 2 rings (SSSR count). The average molecular weight is 258 g/mol. The fourth-order valence-electron chi connectivity index (χ4n) is 1.77. The van der Waals surface area contributed by atoms with E-state index in [1.807, 2.05) is 0 Å². The van der Waals surface area contributed by atoms with Crippen molar-refractivity contribution in [1.29, 1.82) is 0 Å². The van der Waals surface area contributed by atoms with Crippen molar-refractivity contribution in [2.45, 2.75) is 12.5 Å². The van der Waals surface area contributed by atoms with E-state index in [4.69, 9.17) is 10.5 Å². The molecule has 1 aliphatic rings. The van der Waals surface area contributed by atoms with E-state index in [1.165, 1.54) is 6.20 Å². The molecule has 17 heavy (non-hydrogen) atoms. The predicted octanol–water partition coefficient (Wildman–Crippen LogP) is 0.947. The van der Waals surface area contributed by atoms with Crippen molar-refractivity contribution in [2.75, 3.05) is 26.0 Å². The van der Waals surface area contributed by atoms with E-state index in [0.29, 0.717) is 24.5 Å². The van der Waals surface area contributed by atoms with Crippen LogP contribution in [0, 0.1) is 0 Å². The van der Waals surface area contributed by atoms with Crippen LogP contribution in [0.3, 0.4) is 0 Å². The molecule has 5 nitrogen and oxygen atoms in total. The smallest absolute Gasteiger partial charge is 0.257 e. The number of halogens is 1. The Morgan fingerprint density at radius 3 is 3.00 bits per heavy atom. The van der Waals surface area contributed by atoms with E-state index in [1.54, 1.807) is 24.2 Å². The number of amides is 1. The molecule has 94 valence electrons. The Hall–Kier alpha value is -1.33. The lowest BCUT2D eigenvalue weighted by atomic mass is 10.1. The van der Waals surface area contributed by atoms with Gasteiger partial charge in [-0.25, -0.2) is 0 Å². The Balaban J connectivity index is 0.00000144. The molecule has 6 heteroatoms. The Labute approximate surface area is 106 Å². The molecular weight excluding hydrogens is 242 g/mol. The first-order chi connectivity index (χ1) is 7.70. The first kappa shape index (κ1) is 13.7. The summed E-state index contributed by atoms with van der Waals surface area (Å²) in [6.07, 6.45) is 3.96. The molecule has 1 atom stereocenters. The van der Waals surface area contributed by atoms with Crippen LogP contribution in [0.1, 0.15) is 16.8 Å². The number of pyridine rings is 1. The number of anilines is 1. The third-order valence-electron chi connectivity index (χ3n) is 2.86. The highest BCUT2D eigenvalue weighted by molar-refractivity contribution is 5.98. The van der Waals surface area contributed by atoms with E-state index >= 15 is 0 Å². The van der Waals surface area contributed by atoms with Crippen LogP contribution in [0.2, 0.25) is 0 Å². The van der Waals surface area contributed by atoms with Gasteiger partial charge in [0.2, 0.25) is 0 Å². The molecule has 0 radical (unpaired) electrons. The minimum atomic E-state index is -0.0962. The molecule has 2 N–H and O–H groups in total. The van der Waals surface area contributed by atoms with Gasteiger partial charge in [-0.3, -0.25) is 9.78 Å². The molecule has 0 spiro atoms. The van der Waals surface area contributed by atoms with Crippen LogP contribution in [0.25, 0.3) is 0 Å². The first-order valence-corrected chi connectivity index (χ1v) is 5.24. The van der Waals surface area contributed by atoms with Crippen molar-refractivity contribution >= 4 is 24.0 Å². The summed E-state index contributed by atoms with van der Waals surface area (Å²) in [6.45, 7) is 1.31. The number of carbonyl (C=O) groups is 1. The van der Waals surface area contributed by atoms with Crippen LogP contribution in [0.4, 0.5) is 5.69 Å². The molecule has 1 aromatic rings. The number of nitrogens with zero attached hydrogens (tertiary/aromatic N) is 2. The van der Waals surface area contributed by atoms with Gasteiger partial charge in [-0.2, -0.15) is 0 Å². The average Bonchev–Trinajstić information content (AvgIpc) is 2.81. The molecule has 1 unspecified atom stereocenters. The zero-order chi connectivity index (χ0) is 11.5. The normalized spacial score (nSPS) is 18.5. The summed E-state index contributed by atoms with van der Waals surface area (Å²) in [5, 5.41) is 0. The molecule has 1 fully saturated rings. The molecule has 1 amide bonds. The lowest BCUT2D eigenvalue weighted by molar-refractivity contribution is 0.0712. The Bertz CT molecular complexity index is 394. The molecule has 0 saturated carbocycles. The topological polar surface area (TPSA) is 68.5 Å². The highest BCUT2D eigenvalue weighted by atomic mass is 35.5. The van der Waals surface area contributed by atoms with E-state index in [9.17, 15) is 4.79 Å². The second-order valence-corrected chi connectivity index (χ2v) is 3.90. The lowest BCUT2D eigenvalue weighted by Gasteiger charge is -2.23. The van der Waals surface area contributed by atoms with Gasteiger partial charge >= 0.3 is 0 Å². The zero-order valence-corrected chi connectivity index (χ0v) is 10.4. The standard InChI is InChI=1S/C11H15N3O2.ClH/c1-14(8-3-5-16-7-8)11(15)9-6-13-4-2-10(9)12;/h2,4,6,8H,3,5,7H2,1H3,(H2,12,13);1H. The molecule has 0 aliphatic carbocycles. The minimum Gasteiger partial charge on any atom is -0.398 e. The number of nitrogen functional groups attached to an aromatic ring is 1. The van der Waals surface area contributed by atoms with Crippen molar-refractivity contribution in [3.8, 4) is 0 Å². The highest BCUT2D eigenvalue weighted by Crippen LogP contribution is 2.16. The van der Waals surface area contributed by atoms with Crippen LogP contribution in [-0.4, -0.2) is 42.1 Å². The number of ether oxygens (including phenoxy) is 1. The summed E-state index contributed by atoms with van der Waals surface area (Å²) in [4.78, 5) is 17.7. The van der Waals surface area contributed by atoms with Gasteiger partial charge in [-0.1, -0.05) is 0 Å². The summed E-state index contributed by atoms with van der Waals surface area (Å²) in [5.74, 6) is -0.0962. The largest absolute Gasteiger partial charge is 0.398 e. The number of nitrogens with two attached hydrogens (primary N) is 1. The summed E-state index contributed by atoms with van der Waals surface area (Å²) >= 11 is 0. The summed E-state index contributed by atoms with van der Waals surface area (Å²) in [5.41, 5.74) is 6.66. The Morgan fingerprint density at radius 1 is 1.65 bits per heavy atom. The van der Waals surface area contributed by atoms with Crippen LogP contribution >= 0.6 is 12.4 Å². The predicted molar refractivity (Wildman–Crippen MR) is 67.2 cm³/mol. The van der Waals surface area contributed by atoms with Crippen molar-refractivity contribution in [3.63, 3.8) is 0 Å². The fraction of sp³-hybridized carbons (Fsp3) is 0.455. The molecular formula is C11H16ClN3O2. The van der Waals surface area contributed by atoms with Gasteiger partial charge in [0, 0.05) is 31.7 Å². The van der Waals surface area contributed by atoms with Gasteiger partial charge in [-0.05, 0) is 12.5 Å². The maximum absolute atomic E-state index is 12.1. The number of carbonyl (C=O) groups excluding carboxylic acids is 1. The zero-order valence-electron chi connectivity index (χ0n) is 9.63. The molecule has 0 aromatic carbocycles. The third-order valence-corrected chi connectivity index (χ3v) is 2.86. The monoisotopic (exact) mass is 257 g/mol. The van der Waals surface area contributed by atoms with E-state index in [0.717, 1.165) is 6.42 Å². The van der Waals surface area contributed by atoms with E-state index in [-0.39, 0.29) is 24.4 Å². The van der Waals surface area contributed by atoms with Crippen molar-refractivity contribution in [1.82, 2.24) is 9.88 Å². The SMILES string of the molecule is CN(C(=O)c1cnccc1N)C1CCOC1.Cl. The van der Waals surface area contributed by atoms with Gasteiger partial charge in [0.15, 0.2) is 0 Å². The quantitative estimate of drug-likeness (QED) is 0.856. The van der Waals surface area contributed by atoms with Gasteiger partial charge < -0.3 is 15.4 Å². The van der Waals surface area contributed by atoms with E-state index < -0.39 is 0 Å². The Kier molecular flexibility index (Phi) is 4.72. The number of aromatic nitrogens is 1. The second kappa shape index (κ2) is 5.84. The number of hydrogen-bond acceptors (Lipinski definition) is 4. The van der Waals surface area contributed by atoms with Gasteiger partial charge in [0.05, 0.1) is 18.2 Å². The summed E-state index contributed by atoms with van der Waals surface area (Å²) < 4.78 is 5.25. The molecule has 1 saturated heterocycles. The first-order valence-electron chi connectivity index (χ1n) is 5.24. The fourth-order valence-corrected chi connectivity index (χ4v) is 1.77.